The van der Waals surface area contributed by atoms with Crippen molar-refractivity contribution in [2.75, 3.05) is 6.26 Å². The molecular formula is C19H17FN4S3. The van der Waals surface area contributed by atoms with Crippen molar-refractivity contribution >= 4 is 50.7 Å². The monoisotopic (exact) mass is 416 g/mol. The quantitative estimate of drug-likeness (QED) is 0.330. The van der Waals surface area contributed by atoms with Crippen molar-refractivity contribution < 1.29 is 4.39 Å². The lowest BCUT2D eigenvalue weighted by Crippen LogP contribution is -2.00. The fraction of sp³-hybridized carbons (Fsp3) is 0.316. The van der Waals surface area contributed by atoms with E-state index in [0.29, 0.717) is 5.75 Å². The first-order chi connectivity index (χ1) is 13.2. The van der Waals surface area contributed by atoms with E-state index in [1.807, 2.05) is 29.7 Å². The molecule has 0 saturated heterocycles. The van der Waals surface area contributed by atoms with Crippen LogP contribution in [-0.4, -0.2) is 25.8 Å². The van der Waals surface area contributed by atoms with Gasteiger partial charge in [0.1, 0.15) is 10.6 Å². The molecule has 1 aliphatic rings. The molecule has 0 atom stereocenters. The predicted octanol–water partition coefficient (Wildman–Crippen LogP) is 5.37. The lowest BCUT2D eigenvalue weighted by molar-refractivity contribution is 0.627. The van der Waals surface area contributed by atoms with E-state index in [0.717, 1.165) is 39.2 Å². The average molecular weight is 417 g/mol. The van der Waals surface area contributed by atoms with E-state index in [1.165, 1.54) is 40.8 Å². The molecule has 0 N–H and O–H groups in total. The lowest BCUT2D eigenvalue weighted by atomic mass is 9.97. The molecule has 1 aliphatic carbocycles. The highest BCUT2D eigenvalue weighted by Gasteiger charge is 2.23. The second-order valence-electron chi connectivity index (χ2n) is 6.55. The molecule has 0 amide bonds. The van der Waals surface area contributed by atoms with Gasteiger partial charge in [0.25, 0.3) is 0 Å². The summed E-state index contributed by atoms with van der Waals surface area (Å²) in [6.07, 6.45) is 6.79. The lowest BCUT2D eigenvalue weighted by Gasteiger charge is -2.10. The number of benzene rings is 1. The Bertz CT molecular complexity index is 1130. The van der Waals surface area contributed by atoms with Gasteiger partial charge in [-0.1, -0.05) is 35.7 Å². The zero-order valence-corrected chi connectivity index (χ0v) is 17.2. The SMILES string of the molecule is CSc1nc2sc3c(c2c2nnc(SCc4ccc(F)cc4)n12)CCCC3. The predicted molar refractivity (Wildman–Crippen MR) is 111 cm³/mol. The summed E-state index contributed by atoms with van der Waals surface area (Å²) in [4.78, 5) is 7.48. The van der Waals surface area contributed by atoms with Crippen molar-refractivity contribution in [1.82, 2.24) is 19.6 Å². The summed E-state index contributed by atoms with van der Waals surface area (Å²) >= 11 is 5.04. The number of hydrogen-bond acceptors (Lipinski definition) is 6. The van der Waals surface area contributed by atoms with Crippen molar-refractivity contribution in [2.24, 2.45) is 0 Å². The van der Waals surface area contributed by atoms with Gasteiger partial charge >= 0.3 is 0 Å². The number of aromatic nitrogens is 4. The van der Waals surface area contributed by atoms with Crippen molar-refractivity contribution in [3.63, 3.8) is 0 Å². The van der Waals surface area contributed by atoms with Gasteiger partial charge < -0.3 is 0 Å². The second-order valence-corrected chi connectivity index (χ2v) is 9.35. The van der Waals surface area contributed by atoms with Crippen LogP contribution in [0.25, 0.3) is 15.9 Å². The Balaban J connectivity index is 1.60. The van der Waals surface area contributed by atoms with Gasteiger partial charge in [0, 0.05) is 10.6 Å². The number of rotatable bonds is 4. The molecule has 27 heavy (non-hydrogen) atoms. The Labute approximate surface area is 168 Å². The largest absolute Gasteiger partial charge is 0.248 e. The minimum Gasteiger partial charge on any atom is -0.248 e. The molecule has 1 aromatic carbocycles. The Morgan fingerprint density at radius 3 is 2.74 bits per heavy atom. The van der Waals surface area contributed by atoms with Crippen LogP contribution in [0.15, 0.2) is 34.6 Å². The fourth-order valence-electron chi connectivity index (χ4n) is 3.56. The molecule has 3 aromatic heterocycles. The highest BCUT2D eigenvalue weighted by molar-refractivity contribution is 7.99. The van der Waals surface area contributed by atoms with E-state index in [9.17, 15) is 4.39 Å². The van der Waals surface area contributed by atoms with Crippen LogP contribution in [0.2, 0.25) is 0 Å². The average Bonchev–Trinajstić information content (AvgIpc) is 3.27. The molecule has 4 aromatic rings. The number of thioether (sulfide) groups is 2. The maximum absolute atomic E-state index is 13.1. The number of halogens is 1. The van der Waals surface area contributed by atoms with E-state index in [1.54, 1.807) is 23.5 Å². The first kappa shape index (κ1) is 17.5. The number of thiophene rings is 1. The van der Waals surface area contributed by atoms with Crippen LogP contribution in [0.1, 0.15) is 28.8 Å². The van der Waals surface area contributed by atoms with Crippen LogP contribution in [-0.2, 0) is 18.6 Å². The normalized spacial score (nSPS) is 14.1. The molecule has 0 bridgehead atoms. The van der Waals surface area contributed by atoms with Gasteiger partial charge in [-0.15, -0.1) is 21.5 Å². The van der Waals surface area contributed by atoms with Crippen molar-refractivity contribution in [3.8, 4) is 0 Å². The van der Waals surface area contributed by atoms with Crippen molar-refractivity contribution in [3.05, 3.63) is 46.1 Å². The third-order valence-corrected chi connectivity index (χ3v) is 7.69. The van der Waals surface area contributed by atoms with Gasteiger partial charge in [-0.05, 0) is 55.2 Å². The fourth-order valence-corrected chi connectivity index (χ4v) is 6.36. The summed E-state index contributed by atoms with van der Waals surface area (Å²) in [5.41, 5.74) is 3.41. The molecule has 138 valence electrons. The van der Waals surface area contributed by atoms with E-state index >= 15 is 0 Å². The Morgan fingerprint density at radius 1 is 1.11 bits per heavy atom. The number of fused-ring (bicyclic) bond motifs is 5. The maximum atomic E-state index is 13.1. The first-order valence-electron chi connectivity index (χ1n) is 8.85. The summed E-state index contributed by atoms with van der Waals surface area (Å²) in [5.74, 6) is 0.504. The van der Waals surface area contributed by atoms with Gasteiger partial charge in [0.2, 0.25) is 0 Å². The van der Waals surface area contributed by atoms with Gasteiger partial charge in [-0.2, -0.15) is 0 Å². The minimum atomic E-state index is -0.213. The molecule has 8 heteroatoms. The Kier molecular flexibility index (Phi) is 4.57. The molecular weight excluding hydrogens is 399 g/mol. The summed E-state index contributed by atoms with van der Waals surface area (Å²) in [7, 11) is 0. The molecule has 0 spiro atoms. The Morgan fingerprint density at radius 2 is 1.93 bits per heavy atom. The highest BCUT2D eigenvalue weighted by Crippen LogP contribution is 2.39. The third-order valence-electron chi connectivity index (χ3n) is 4.86. The number of nitrogens with zero attached hydrogens (tertiary/aromatic N) is 4. The van der Waals surface area contributed by atoms with Gasteiger partial charge in [0.05, 0.1) is 5.39 Å². The standard InChI is InChI=1S/C19H17FN4S3/c1-25-18-21-17-15(13-4-2-3-5-14(13)27-17)16-22-23-19(24(16)18)26-10-11-6-8-12(20)9-7-11/h6-9H,2-5,10H2,1H3. The van der Waals surface area contributed by atoms with E-state index in [4.69, 9.17) is 4.98 Å². The van der Waals surface area contributed by atoms with Crippen LogP contribution in [0.5, 0.6) is 0 Å². The molecule has 0 fully saturated rings. The zero-order chi connectivity index (χ0) is 18.4. The third kappa shape index (κ3) is 3.03. The van der Waals surface area contributed by atoms with Crippen molar-refractivity contribution in [1.29, 1.82) is 0 Å². The maximum Gasteiger partial charge on any atom is 0.198 e. The van der Waals surface area contributed by atoms with Crippen LogP contribution < -0.4 is 0 Å². The topological polar surface area (TPSA) is 43.1 Å². The second kappa shape index (κ2) is 7.07. The summed E-state index contributed by atoms with van der Waals surface area (Å²) in [5, 5.41) is 12.0. The summed E-state index contributed by atoms with van der Waals surface area (Å²) in [6.45, 7) is 0. The van der Waals surface area contributed by atoms with Gasteiger partial charge in [-0.25, -0.2) is 13.8 Å². The Hall–Kier alpha value is -1.64. The zero-order valence-electron chi connectivity index (χ0n) is 14.7. The van der Waals surface area contributed by atoms with Gasteiger partial charge in [-0.3, -0.25) is 0 Å². The highest BCUT2D eigenvalue weighted by atomic mass is 32.2. The van der Waals surface area contributed by atoms with Crippen LogP contribution in [0, 0.1) is 5.82 Å². The first-order valence-corrected chi connectivity index (χ1v) is 11.9. The molecule has 0 unspecified atom stereocenters. The summed E-state index contributed by atoms with van der Waals surface area (Å²) in [6, 6.07) is 6.61. The molecule has 0 radical (unpaired) electrons. The molecule has 3 heterocycles. The van der Waals surface area contributed by atoms with Gasteiger partial charge in [0.15, 0.2) is 16.0 Å². The van der Waals surface area contributed by atoms with Crippen LogP contribution in [0.4, 0.5) is 4.39 Å². The summed E-state index contributed by atoms with van der Waals surface area (Å²) < 4.78 is 15.2. The molecule has 5 rings (SSSR count). The number of aryl methyl sites for hydroxylation is 2. The molecule has 0 saturated carbocycles. The van der Waals surface area contributed by atoms with E-state index in [-0.39, 0.29) is 5.82 Å². The van der Waals surface area contributed by atoms with Crippen molar-refractivity contribution in [2.45, 2.75) is 41.7 Å². The minimum absolute atomic E-state index is 0.213. The molecule has 0 aliphatic heterocycles. The number of hydrogen-bond donors (Lipinski definition) is 0. The van der Waals surface area contributed by atoms with E-state index in [2.05, 4.69) is 14.6 Å². The molecule has 4 nitrogen and oxygen atoms in total. The smallest absolute Gasteiger partial charge is 0.198 e. The van der Waals surface area contributed by atoms with Crippen LogP contribution >= 0.6 is 34.9 Å². The van der Waals surface area contributed by atoms with Crippen LogP contribution in [0.3, 0.4) is 0 Å². The van der Waals surface area contributed by atoms with E-state index < -0.39 is 0 Å².